The molecule has 0 unspecified atom stereocenters. The first-order chi connectivity index (χ1) is 12.3. The maximum Gasteiger partial charge on any atom is 0.224 e. The Bertz CT molecular complexity index is 972. The highest BCUT2D eigenvalue weighted by molar-refractivity contribution is 7.09. The molecule has 0 saturated carbocycles. The number of carbonyl (C=O) groups is 1. The number of thiophene rings is 1. The van der Waals surface area contributed by atoms with Gasteiger partial charge in [0.05, 0.1) is 11.0 Å². The molecule has 0 spiro atoms. The monoisotopic (exact) mass is 347 g/mol. The molecule has 2 aromatic carbocycles. The highest BCUT2D eigenvalue weighted by Crippen LogP contribution is 2.23. The minimum Gasteiger partial charge on any atom is -0.338 e. The summed E-state index contributed by atoms with van der Waals surface area (Å²) in [6.45, 7) is 0. The zero-order chi connectivity index (χ0) is 17.1. The Kier molecular flexibility index (Phi) is 4.31. The van der Waals surface area contributed by atoms with E-state index in [0.717, 1.165) is 34.5 Å². The van der Waals surface area contributed by atoms with Gasteiger partial charge in [-0.15, -0.1) is 11.3 Å². The van der Waals surface area contributed by atoms with Crippen molar-refractivity contribution in [2.45, 2.75) is 12.8 Å². The number of aryl methyl sites for hydroxylation is 1. The Labute approximate surface area is 149 Å². The predicted molar refractivity (Wildman–Crippen MR) is 103 cm³/mol. The van der Waals surface area contributed by atoms with Crippen LogP contribution in [0, 0.1) is 0 Å². The minimum absolute atomic E-state index is 0.0233. The zero-order valence-corrected chi connectivity index (χ0v) is 14.3. The Morgan fingerprint density at radius 2 is 2.00 bits per heavy atom. The molecule has 0 aliphatic carbocycles. The molecule has 124 valence electrons. The lowest BCUT2D eigenvalue weighted by Gasteiger charge is -2.06. The molecule has 2 aromatic heterocycles. The first-order valence-corrected chi connectivity index (χ1v) is 9.03. The molecular formula is C20H17N3OS. The van der Waals surface area contributed by atoms with Crippen LogP contribution in [0.2, 0.25) is 0 Å². The number of benzene rings is 2. The van der Waals surface area contributed by atoms with Crippen molar-refractivity contribution in [2.24, 2.45) is 0 Å². The van der Waals surface area contributed by atoms with Crippen molar-refractivity contribution in [1.82, 2.24) is 9.97 Å². The average molecular weight is 347 g/mol. The van der Waals surface area contributed by atoms with Gasteiger partial charge in [-0.3, -0.25) is 4.79 Å². The molecule has 0 saturated heterocycles. The Morgan fingerprint density at radius 3 is 2.84 bits per heavy atom. The van der Waals surface area contributed by atoms with Gasteiger partial charge in [0.15, 0.2) is 0 Å². The summed E-state index contributed by atoms with van der Waals surface area (Å²) in [5, 5.41) is 5.00. The quantitative estimate of drug-likeness (QED) is 0.541. The third-order valence-electron chi connectivity index (χ3n) is 3.99. The summed E-state index contributed by atoms with van der Waals surface area (Å²) in [5.74, 6) is 0.825. The molecule has 5 heteroatoms. The van der Waals surface area contributed by atoms with Gasteiger partial charge in [-0.2, -0.15) is 0 Å². The molecule has 4 nitrogen and oxygen atoms in total. The summed E-state index contributed by atoms with van der Waals surface area (Å²) in [5.41, 5.74) is 3.67. The Balaban J connectivity index is 1.48. The molecule has 4 aromatic rings. The highest BCUT2D eigenvalue weighted by atomic mass is 32.1. The number of aromatic amines is 1. The van der Waals surface area contributed by atoms with E-state index in [-0.39, 0.29) is 5.91 Å². The smallest absolute Gasteiger partial charge is 0.224 e. The van der Waals surface area contributed by atoms with Crippen molar-refractivity contribution < 1.29 is 4.79 Å². The molecule has 0 bridgehead atoms. The third-order valence-corrected chi connectivity index (χ3v) is 4.92. The normalized spacial score (nSPS) is 10.9. The van der Waals surface area contributed by atoms with Crippen molar-refractivity contribution in [1.29, 1.82) is 0 Å². The lowest BCUT2D eigenvalue weighted by atomic mass is 10.2. The maximum atomic E-state index is 12.2. The van der Waals surface area contributed by atoms with Crippen LogP contribution in [0.4, 0.5) is 5.69 Å². The largest absolute Gasteiger partial charge is 0.338 e. The summed E-state index contributed by atoms with van der Waals surface area (Å²) >= 11 is 1.68. The fourth-order valence-corrected chi connectivity index (χ4v) is 3.46. The van der Waals surface area contributed by atoms with Crippen LogP contribution in [0.1, 0.15) is 11.3 Å². The van der Waals surface area contributed by atoms with Gasteiger partial charge in [-0.1, -0.05) is 30.3 Å². The van der Waals surface area contributed by atoms with Crippen LogP contribution >= 0.6 is 11.3 Å². The van der Waals surface area contributed by atoms with Crippen molar-refractivity contribution in [2.75, 3.05) is 5.32 Å². The fourth-order valence-electron chi connectivity index (χ4n) is 2.75. The van der Waals surface area contributed by atoms with E-state index in [0.29, 0.717) is 6.42 Å². The molecule has 0 fully saturated rings. The van der Waals surface area contributed by atoms with Gasteiger partial charge in [0, 0.05) is 22.5 Å². The number of amides is 1. The molecule has 0 radical (unpaired) electrons. The van der Waals surface area contributed by atoms with Crippen LogP contribution in [0.3, 0.4) is 0 Å². The number of rotatable bonds is 5. The van der Waals surface area contributed by atoms with Gasteiger partial charge in [-0.05, 0) is 42.1 Å². The molecule has 0 aliphatic rings. The van der Waals surface area contributed by atoms with Crippen LogP contribution in [0.5, 0.6) is 0 Å². The van der Waals surface area contributed by atoms with E-state index in [4.69, 9.17) is 0 Å². The second kappa shape index (κ2) is 6.91. The standard InChI is InChI=1S/C20H17N3OS/c24-19(11-10-16-7-4-12-25-16)21-15-6-3-5-14(13-15)20-22-17-8-1-2-9-18(17)23-20/h1-9,12-13H,10-11H2,(H,21,24)(H,22,23). The molecule has 2 N–H and O–H groups in total. The average Bonchev–Trinajstić information content (AvgIpc) is 3.29. The van der Waals surface area contributed by atoms with E-state index in [1.54, 1.807) is 11.3 Å². The maximum absolute atomic E-state index is 12.2. The third kappa shape index (κ3) is 3.61. The molecule has 4 rings (SSSR count). The second-order valence-electron chi connectivity index (χ2n) is 5.81. The van der Waals surface area contributed by atoms with Gasteiger partial charge in [0.1, 0.15) is 5.82 Å². The number of carbonyl (C=O) groups excluding carboxylic acids is 1. The van der Waals surface area contributed by atoms with E-state index in [1.807, 2.05) is 60.0 Å². The number of nitrogens with one attached hydrogen (secondary N) is 2. The number of hydrogen-bond acceptors (Lipinski definition) is 3. The number of imidazole rings is 1. The number of aromatic nitrogens is 2. The van der Waals surface area contributed by atoms with E-state index in [2.05, 4.69) is 21.4 Å². The van der Waals surface area contributed by atoms with E-state index in [1.165, 1.54) is 4.88 Å². The lowest BCUT2D eigenvalue weighted by Crippen LogP contribution is -2.12. The predicted octanol–water partition coefficient (Wildman–Crippen LogP) is 4.86. The first-order valence-electron chi connectivity index (χ1n) is 8.15. The molecule has 25 heavy (non-hydrogen) atoms. The van der Waals surface area contributed by atoms with Gasteiger partial charge in [0.2, 0.25) is 5.91 Å². The first kappa shape index (κ1) is 15.6. The van der Waals surface area contributed by atoms with Gasteiger partial charge < -0.3 is 10.3 Å². The fraction of sp³-hybridized carbons (Fsp3) is 0.100. The SMILES string of the molecule is O=C(CCc1cccs1)Nc1cccc(-c2nc3ccccc3[nH]2)c1. The number of hydrogen-bond donors (Lipinski definition) is 2. The van der Waals surface area contributed by atoms with Crippen LogP contribution < -0.4 is 5.32 Å². The number of nitrogens with zero attached hydrogens (tertiary/aromatic N) is 1. The van der Waals surface area contributed by atoms with Crippen molar-refractivity contribution in [3.8, 4) is 11.4 Å². The molecule has 0 atom stereocenters. The van der Waals surface area contributed by atoms with Crippen molar-refractivity contribution in [3.63, 3.8) is 0 Å². The van der Waals surface area contributed by atoms with E-state index < -0.39 is 0 Å². The molecule has 0 aliphatic heterocycles. The number of anilines is 1. The Hall–Kier alpha value is -2.92. The van der Waals surface area contributed by atoms with Crippen LogP contribution in [0.15, 0.2) is 66.0 Å². The molecule has 2 heterocycles. The van der Waals surface area contributed by atoms with Crippen molar-refractivity contribution in [3.05, 3.63) is 70.9 Å². The minimum atomic E-state index is 0.0233. The summed E-state index contributed by atoms with van der Waals surface area (Å²) < 4.78 is 0. The van der Waals surface area contributed by atoms with E-state index >= 15 is 0 Å². The van der Waals surface area contributed by atoms with E-state index in [9.17, 15) is 4.79 Å². The summed E-state index contributed by atoms with van der Waals surface area (Å²) in [6.07, 6.45) is 1.25. The van der Waals surface area contributed by atoms with Crippen molar-refractivity contribution >= 4 is 34.0 Å². The van der Waals surface area contributed by atoms with Gasteiger partial charge in [-0.25, -0.2) is 4.98 Å². The number of H-pyrrole nitrogens is 1. The molecular weight excluding hydrogens is 330 g/mol. The van der Waals surface area contributed by atoms with Crippen LogP contribution in [-0.2, 0) is 11.2 Å². The number of fused-ring (bicyclic) bond motifs is 1. The summed E-state index contributed by atoms with van der Waals surface area (Å²) in [4.78, 5) is 21.3. The summed E-state index contributed by atoms with van der Waals surface area (Å²) in [6, 6.07) is 19.8. The van der Waals surface area contributed by atoms with Crippen LogP contribution in [0.25, 0.3) is 22.4 Å². The zero-order valence-electron chi connectivity index (χ0n) is 13.5. The number of para-hydroxylation sites is 2. The van der Waals surface area contributed by atoms with Gasteiger partial charge in [0.25, 0.3) is 0 Å². The molecule has 1 amide bonds. The van der Waals surface area contributed by atoms with Gasteiger partial charge >= 0.3 is 0 Å². The topological polar surface area (TPSA) is 57.8 Å². The highest BCUT2D eigenvalue weighted by Gasteiger charge is 2.08. The van der Waals surface area contributed by atoms with Crippen LogP contribution in [-0.4, -0.2) is 15.9 Å². The lowest BCUT2D eigenvalue weighted by molar-refractivity contribution is -0.116. The Morgan fingerprint density at radius 1 is 1.08 bits per heavy atom. The second-order valence-corrected chi connectivity index (χ2v) is 6.84. The summed E-state index contributed by atoms with van der Waals surface area (Å²) in [7, 11) is 0.